The number of hydrogen-bond acceptors (Lipinski definition) is 5. The second kappa shape index (κ2) is 10.7. The van der Waals surface area contributed by atoms with Crippen LogP contribution < -0.4 is 14.4 Å². The van der Waals surface area contributed by atoms with Crippen molar-refractivity contribution in [1.29, 1.82) is 0 Å². The lowest BCUT2D eigenvalue weighted by Crippen LogP contribution is -2.26. The van der Waals surface area contributed by atoms with Crippen LogP contribution in [-0.2, 0) is 10.0 Å². The molecule has 0 atom stereocenters. The highest BCUT2D eigenvalue weighted by molar-refractivity contribution is 7.99. The minimum atomic E-state index is -3.76. The third-order valence-electron chi connectivity index (χ3n) is 5.32. The molecule has 0 aliphatic rings. The smallest absolute Gasteiger partial charge is 0.264 e. The van der Waals surface area contributed by atoms with Crippen molar-refractivity contribution in [2.45, 2.75) is 14.7 Å². The second-order valence-corrected chi connectivity index (χ2v) is 10.6. The predicted molar refractivity (Wildman–Crippen MR) is 140 cm³/mol. The van der Waals surface area contributed by atoms with E-state index in [2.05, 4.69) is 5.32 Å². The van der Waals surface area contributed by atoms with Gasteiger partial charge in [-0.3, -0.25) is 9.10 Å². The molecule has 1 amide bonds. The highest BCUT2D eigenvalue weighted by Gasteiger charge is 2.21. The summed E-state index contributed by atoms with van der Waals surface area (Å²) >= 11 is 1.56. The van der Waals surface area contributed by atoms with Gasteiger partial charge in [-0.15, -0.1) is 0 Å². The third kappa shape index (κ3) is 5.67. The number of methoxy groups -OCH3 is 1. The summed E-state index contributed by atoms with van der Waals surface area (Å²) in [6.07, 6.45) is 0. The zero-order chi connectivity index (χ0) is 24.8. The summed E-state index contributed by atoms with van der Waals surface area (Å²) in [5, 5.41) is 2.96. The largest absolute Gasteiger partial charge is 0.497 e. The maximum Gasteiger partial charge on any atom is 0.264 e. The van der Waals surface area contributed by atoms with E-state index in [1.54, 1.807) is 48.2 Å². The summed E-state index contributed by atoms with van der Waals surface area (Å²) < 4.78 is 32.2. The van der Waals surface area contributed by atoms with Gasteiger partial charge >= 0.3 is 0 Å². The number of amides is 1. The molecule has 0 unspecified atom stereocenters. The zero-order valence-corrected chi connectivity index (χ0v) is 20.8. The van der Waals surface area contributed by atoms with E-state index in [1.807, 2.05) is 54.6 Å². The Balaban J connectivity index is 1.49. The molecule has 0 heterocycles. The van der Waals surface area contributed by atoms with Crippen molar-refractivity contribution in [3.63, 3.8) is 0 Å². The Bertz CT molecular complexity index is 1410. The Morgan fingerprint density at radius 3 is 2.11 bits per heavy atom. The van der Waals surface area contributed by atoms with Gasteiger partial charge in [-0.2, -0.15) is 0 Å². The second-order valence-electron chi connectivity index (χ2n) is 7.56. The van der Waals surface area contributed by atoms with Gasteiger partial charge < -0.3 is 10.1 Å². The molecule has 4 rings (SSSR count). The van der Waals surface area contributed by atoms with E-state index < -0.39 is 10.0 Å². The Kier molecular flexibility index (Phi) is 7.43. The van der Waals surface area contributed by atoms with Crippen LogP contribution in [0.2, 0.25) is 0 Å². The summed E-state index contributed by atoms with van der Waals surface area (Å²) in [5.41, 5.74) is 1.57. The lowest BCUT2D eigenvalue weighted by atomic mass is 10.2. The molecule has 0 aliphatic carbocycles. The molecule has 0 spiro atoms. The number of benzene rings is 4. The molecule has 0 bridgehead atoms. The van der Waals surface area contributed by atoms with E-state index in [0.717, 1.165) is 9.79 Å². The van der Waals surface area contributed by atoms with Crippen LogP contribution in [0.3, 0.4) is 0 Å². The number of carbonyl (C=O) groups is 1. The van der Waals surface area contributed by atoms with Crippen LogP contribution in [-0.4, -0.2) is 28.5 Å². The summed E-state index contributed by atoms with van der Waals surface area (Å²) in [5.74, 6) is 0.295. The van der Waals surface area contributed by atoms with Gasteiger partial charge in [0.1, 0.15) is 5.75 Å². The molecule has 0 saturated carbocycles. The Labute approximate surface area is 209 Å². The number of nitrogens with one attached hydrogen (secondary N) is 1. The van der Waals surface area contributed by atoms with Crippen LogP contribution in [0.1, 0.15) is 10.4 Å². The van der Waals surface area contributed by atoms with Crippen LogP contribution in [0, 0.1) is 0 Å². The van der Waals surface area contributed by atoms with Crippen molar-refractivity contribution in [3.8, 4) is 5.75 Å². The Morgan fingerprint density at radius 1 is 0.829 bits per heavy atom. The van der Waals surface area contributed by atoms with Crippen molar-refractivity contribution in [2.24, 2.45) is 0 Å². The molecule has 0 aliphatic heterocycles. The number of nitrogens with zero attached hydrogens (tertiary/aromatic N) is 1. The normalized spacial score (nSPS) is 11.0. The van der Waals surface area contributed by atoms with Gasteiger partial charge in [0.15, 0.2) is 0 Å². The molecular weight excluding hydrogens is 480 g/mol. The van der Waals surface area contributed by atoms with Gasteiger partial charge in [-0.25, -0.2) is 8.42 Å². The maximum atomic E-state index is 13.0. The molecule has 0 aromatic heterocycles. The molecule has 0 fully saturated rings. The van der Waals surface area contributed by atoms with Crippen LogP contribution in [0.5, 0.6) is 5.75 Å². The standard InChI is InChI=1S/C27H24N2O4S2/c1-29(35(31,32)24-18-16-22(33-2)17-19-24)21-14-12-20(13-15-21)27(30)28-25-10-6-7-11-26(25)34-23-8-4-3-5-9-23/h3-19H,1-2H3,(H,28,30). The number of sulfonamides is 1. The maximum absolute atomic E-state index is 13.0. The van der Waals surface area contributed by atoms with Crippen molar-refractivity contribution in [2.75, 3.05) is 23.8 Å². The average Bonchev–Trinajstić information content (AvgIpc) is 2.90. The zero-order valence-electron chi connectivity index (χ0n) is 19.2. The van der Waals surface area contributed by atoms with Crippen molar-refractivity contribution >= 4 is 39.1 Å². The number of para-hydroxylation sites is 1. The van der Waals surface area contributed by atoms with Crippen LogP contribution in [0.25, 0.3) is 0 Å². The lowest BCUT2D eigenvalue weighted by molar-refractivity contribution is 0.102. The van der Waals surface area contributed by atoms with E-state index in [-0.39, 0.29) is 10.8 Å². The number of hydrogen-bond donors (Lipinski definition) is 1. The first-order valence-corrected chi connectivity index (χ1v) is 13.0. The molecule has 0 saturated heterocycles. The van der Waals surface area contributed by atoms with E-state index in [9.17, 15) is 13.2 Å². The highest BCUT2D eigenvalue weighted by atomic mass is 32.2. The van der Waals surface area contributed by atoms with E-state index >= 15 is 0 Å². The topological polar surface area (TPSA) is 75.7 Å². The number of carbonyl (C=O) groups excluding carboxylic acids is 1. The monoisotopic (exact) mass is 504 g/mol. The minimum Gasteiger partial charge on any atom is -0.497 e. The predicted octanol–water partition coefficient (Wildman–Crippen LogP) is 5.92. The molecule has 6 nitrogen and oxygen atoms in total. The molecule has 178 valence electrons. The number of ether oxygens (including phenoxy) is 1. The van der Waals surface area contributed by atoms with Gasteiger partial charge in [0, 0.05) is 22.4 Å². The molecule has 35 heavy (non-hydrogen) atoms. The first-order chi connectivity index (χ1) is 16.9. The number of rotatable bonds is 8. The highest BCUT2D eigenvalue weighted by Crippen LogP contribution is 2.33. The summed E-state index contributed by atoms with van der Waals surface area (Å²) in [6, 6.07) is 30.2. The molecular formula is C27H24N2O4S2. The van der Waals surface area contributed by atoms with Crippen molar-refractivity contribution in [3.05, 3.63) is 109 Å². The molecule has 8 heteroatoms. The number of anilines is 2. The van der Waals surface area contributed by atoms with Crippen LogP contribution in [0.15, 0.2) is 118 Å². The average molecular weight is 505 g/mol. The van der Waals surface area contributed by atoms with Gasteiger partial charge in [0.05, 0.1) is 23.4 Å². The van der Waals surface area contributed by atoms with E-state index in [0.29, 0.717) is 22.7 Å². The molecule has 4 aromatic rings. The van der Waals surface area contributed by atoms with Gasteiger partial charge in [-0.1, -0.05) is 42.1 Å². The van der Waals surface area contributed by atoms with Crippen molar-refractivity contribution in [1.82, 2.24) is 0 Å². The molecule has 4 aromatic carbocycles. The van der Waals surface area contributed by atoms with Crippen LogP contribution >= 0.6 is 11.8 Å². The summed E-state index contributed by atoms with van der Waals surface area (Å²) in [7, 11) is -0.760. The molecule has 0 radical (unpaired) electrons. The van der Waals surface area contributed by atoms with Gasteiger partial charge in [0.25, 0.3) is 15.9 Å². The summed E-state index contributed by atoms with van der Waals surface area (Å²) in [4.78, 5) is 15.1. The van der Waals surface area contributed by atoms with Crippen molar-refractivity contribution < 1.29 is 17.9 Å². The third-order valence-corrected chi connectivity index (χ3v) is 8.20. The fourth-order valence-corrected chi connectivity index (χ4v) is 5.45. The minimum absolute atomic E-state index is 0.148. The fourth-order valence-electron chi connectivity index (χ4n) is 3.34. The van der Waals surface area contributed by atoms with Gasteiger partial charge in [0.2, 0.25) is 0 Å². The molecule has 1 N–H and O–H groups in total. The first kappa shape index (κ1) is 24.4. The SMILES string of the molecule is COc1ccc(S(=O)(=O)N(C)c2ccc(C(=O)Nc3ccccc3Sc3ccccc3)cc2)cc1. The van der Waals surface area contributed by atoms with E-state index in [1.165, 1.54) is 30.6 Å². The fraction of sp³-hybridized carbons (Fsp3) is 0.0741. The lowest BCUT2D eigenvalue weighted by Gasteiger charge is -2.20. The van der Waals surface area contributed by atoms with Gasteiger partial charge in [-0.05, 0) is 72.8 Å². The Morgan fingerprint density at radius 2 is 1.46 bits per heavy atom. The first-order valence-electron chi connectivity index (χ1n) is 10.7. The summed E-state index contributed by atoms with van der Waals surface area (Å²) in [6.45, 7) is 0. The van der Waals surface area contributed by atoms with E-state index in [4.69, 9.17) is 4.74 Å². The van der Waals surface area contributed by atoms with Crippen LogP contribution in [0.4, 0.5) is 11.4 Å². The quantitative estimate of drug-likeness (QED) is 0.322. The Hall–Kier alpha value is -3.75.